The van der Waals surface area contributed by atoms with Crippen LogP contribution in [0.15, 0.2) is 54.6 Å². The Morgan fingerprint density at radius 3 is 2.48 bits per heavy atom. The average molecular weight is 283 g/mol. The van der Waals surface area contributed by atoms with E-state index in [9.17, 15) is 5.11 Å². The number of quaternary nitrogens is 1. The molecule has 1 aliphatic heterocycles. The van der Waals surface area contributed by atoms with Crippen molar-refractivity contribution in [3.8, 4) is 0 Å². The molecule has 21 heavy (non-hydrogen) atoms. The van der Waals surface area contributed by atoms with Crippen molar-refractivity contribution < 1.29 is 10.8 Å². The molecular weight excluding hydrogens is 260 g/mol. The van der Waals surface area contributed by atoms with Gasteiger partial charge in [-0.2, -0.15) is 0 Å². The fourth-order valence-electron chi connectivity index (χ4n) is 3.10. The van der Waals surface area contributed by atoms with E-state index >= 15 is 0 Å². The minimum atomic E-state index is -0.418. The molecule has 5 N–H and O–H groups in total. The zero-order valence-corrected chi connectivity index (χ0v) is 12.2. The number of aliphatic hydroxyl groups excluding tert-OH is 1. The number of hydrogen-bond acceptors (Lipinski definition) is 2. The average Bonchev–Trinajstić information content (AvgIpc) is 2.98. The maximum Gasteiger partial charge on any atom is 0.127 e. The fraction of sp³-hybridized carbons (Fsp3) is 0.333. The maximum atomic E-state index is 10.5. The topological polar surface area (TPSA) is 59.9 Å². The Kier molecular flexibility index (Phi) is 4.34. The Hall–Kier alpha value is -1.68. The Labute approximate surface area is 125 Å². The number of nitrogens with one attached hydrogen (secondary N) is 1. The van der Waals surface area contributed by atoms with Gasteiger partial charge >= 0.3 is 0 Å². The third kappa shape index (κ3) is 3.50. The van der Waals surface area contributed by atoms with Gasteiger partial charge < -0.3 is 16.2 Å². The van der Waals surface area contributed by atoms with Gasteiger partial charge in [0.05, 0.1) is 6.10 Å². The summed E-state index contributed by atoms with van der Waals surface area (Å²) in [5, 5.41) is 14.1. The smallest absolute Gasteiger partial charge is 0.127 e. The molecule has 1 saturated heterocycles. The maximum absolute atomic E-state index is 10.5. The van der Waals surface area contributed by atoms with Crippen LogP contribution >= 0.6 is 0 Å². The highest BCUT2D eigenvalue weighted by Crippen LogP contribution is 2.26. The molecular formula is C18H23N2O+. The van der Waals surface area contributed by atoms with Crippen LogP contribution in [-0.4, -0.2) is 17.2 Å². The first-order valence-corrected chi connectivity index (χ1v) is 7.62. The Morgan fingerprint density at radius 1 is 1.05 bits per heavy atom. The van der Waals surface area contributed by atoms with E-state index in [1.54, 1.807) is 0 Å². The third-order valence-corrected chi connectivity index (χ3v) is 4.30. The predicted octanol–water partition coefficient (Wildman–Crippen LogP) is 1.96. The van der Waals surface area contributed by atoms with Gasteiger partial charge in [0.25, 0.3) is 0 Å². The van der Waals surface area contributed by atoms with Crippen molar-refractivity contribution in [2.45, 2.75) is 37.5 Å². The minimum Gasteiger partial charge on any atom is -0.387 e. The van der Waals surface area contributed by atoms with Crippen LogP contribution in [0.2, 0.25) is 0 Å². The van der Waals surface area contributed by atoms with E-state index in [4.69, 9.17) is 0 Å². The molecule has 1 aliphatic rings. The Balaban J connectivity index is 1.59. The van der Waals surface area contributed by atoms with Crippen molar-refractivity contribution in [2.24, 2.45) is 0 Å². The fourth-order valence-corrected chi connectivity index (χ4v) is 3.10. The summed E-state index contributed by atoms with van der Waals surface area (Å²) >= 11 is 0. The summed E-state index contributed by atoms with van der Waals surface area (Å²) in [5.41, 5.74) is 7.29. The number of benzene rings is 2. The summed E-state index contributed by atoms with van der Waals surface area (Å²) < 4.78 is 0. The third-order valence-electron chi connectivity index (χ3n) is 4.30. The van der Waals surface area contributed by atoms with E-state index in [0.717, 1.165) is 30.5 Å². The molecule has 110 valence electrons. The van der Waals surface area contributed by atoms with Crippen molar-refractivity contribution in [3.63, 3.8) is 0 Å². The van der Waals surface area contributed by atoms with E-state index < -0.39 is 6.10 Å². The van der Waals surface area contributed by atoms with Crippen molar-refractivity contribution in [1.82, 2.24) is 5.32 Å². The Morgan fingerprint density at radius 2 is 1.76 bits per heavy atom. The van der Waals surface area contributed by atoms with Gasteiger partial charge in [-0.3, -0.25) is 0 Å². The van der Waals surface area contributed by atoms with Crippen molar-refractivity contribution in [1.29, 1.82) is 0 Å². The van der Waals surface area contributed by atoms with Crippen LogP contribution in [0.1, 0.15) is 30.1 Å². The lowest BCUT2D eigenvalue weighted by atomic mass is 10.0. The lowest BCUT2D eigenvalue weighted by molar-refractivity contribution is -0.254. The van der Waals surface area contributed by atoms with Gasteiger partial charge in [-0.1, -0.05) is 42.5 Å². The molecule has 0 amide bonds. The first kappa shape index (κ1) is 14.3. The molecule has 0 aliphatic carbocycles. The predicted molar refractivity (Wildman–Crippen MR) is 84.0 cm³/mol. The van der Waals surface area contributed by atoms with Crippen LogP contribution in [0.3, 0.4) is 0 Å². The highest BCUT2D eigenvalue weighted by molar-refractivity contribution is 5.31. The van der Waals surface area contributed by atoms with Gasteiger partial charge in [-0.25, -0.2) is 0 Å². The first-order chi connectivity index (χ1) is 10.2. The molecule has 3 rings (SSSR count). The van der Waals surface area contributed by atoms with Crippen molar-refractivity contribution in [2.75, 3.05) is 0 Å². The van der Waals surface area contributed by atoms with Crippen LogP contribution in [0.5, 0.6) is 0 Å². The van der Waals surface area contributed by atoms with Gasteiger partial charge in [0.15, 0.2) is 0 Å². The molecule has 1 fully saturated rings. The number of rotatable bonds is 4. The van der Waals surface area contributed by atoms with Gasteiger partial charge in [-0.05, 0) is 42.5 Å². The van der Waals surface area contributed by atoms with E-state index in [2.05, 4.69) is 35.3 Å². The molecule has 1 heterocycles. The van der Waals surface area contributed by atoms with Crippen LogP contribution in [-0.2, 0) is 6.42 Å². The van der Waals surface area contributed by atoms with E-state index in [0.29, 0.717) is 6.04 Å². The summed E-state index contributed by atoms with van der Waals surface area (Å²) in [7, 11) is 0. The van der Waals surface area contributed by atoms with Crippen LogP contribution < -0.4 is 11.1 Å². The van der Waals surface area contributed by atoms with E-state index in [-0.39, 0.29) is 6.04 Å². The number of hydrogen-bond donors (Lipinski definition) is 3. The van der Waals surface area contributed by atoms with Gasteiger partial charge in [-0.15, -0.1) is 0 Å². The summed E-state index contributed by atoms with van der Waals surface area (Å²) in [6.45, 7) is 0. The highest BCUT2D eigenvalue weighted by Gasteiger charge is 2.29. The lowest BCUT2D eigenvalue weighted by Crippen LogP contribution is -2.40. The molecule has 0 saturated carbocycles. The summed E-state index contributed by atoms with van der Waals surface area (Å²) in [4.78, 5) is 0. The molecule has 0 aromatic heterocycles. The molecule has 2 aromatic rings. The van der Waals surface area contributed by atoms with Gasteiger partial charge in [0.2, 0.25) is 0 Å². The van der Waals surface area contributed by atoms with Gasteiger partial charge in [0, 0.05) is 12.1 Å². The monoisotopic (exact) mass is 283 g/mol. The second kappa shape index (κ2) is 6.39. The van der Waals surface area contributed by atoms with E-state index in [1.165, 1.54) is 5.56 Å². The summed E-state index contributed by atoms with van der Waals surface area (Å²) in [6, 6.07) is 18.9. The quantitative estimate of drug-likeness (QED) is 0.803. The standard InChI is InChI=1S/C18H22N2O/c19-15-8-6-13(7-9-15)12-16-10-11-17(20-16)18(21)14-4-2-1-3-5-14/h1-9,16-18,20-21H,10-12,19H2/p+1. The normalized spacial score (nSPS) is 23.1. The van der Waals surface area contributed by atoms with Crippen LogP contribution in [0.25, 0.3) is 0 Å². The van der Waals surface area contributed by atoms with Crippen molar-refractivity contribution in [3.05, 3.63) is 65.7 Å². The first-order valence-electron chi connectivity index (χ1n) is 7.62. The Bertz CT molecular complexity index is 568. The van der Waals surface area contributed by atoms with Crippen molar-refractivity contribution >= 4 is 5.69 Å². The molecule has 0 radical (unpaired) electrons. The molecule has 0 spiro atoms. The molecule has 3 nitrogen and oxygen atoms in total. The molecule has 3 heteroatoms. The SMILES string of the molecule is [NH3+]c1ccc(CC2CCC(C(O)c3ccccc3)N2)cc1. The lowest BCUT2D eigenvalue weighted by Gasteiger charge is -2.20. The van der Waals surface area contributed by atoms with Crippen LogP contribution in [0, 0.1) is 0 Å². The molecule has 3 atom stereocenters. The zero-order chi connectivity index (χ0) is 14.7. The summed E-state index contributed by atoms with van der Waals surface area (Å²) in [5.74, 6) is 0. The van der Waals surface area contributed by atoms with E-state index in [1.807, 2.05) is 30.3 Å². The van der Waals surface area contributed by atoms with Gasteiger partial charge in [0.1, 0.15) is 5.69 Å². The number of aliphatic hydroxyl groups is 1. The summed E-state index contributed by atoms with van der Waals surface area (Å²) in [6.07, 6.45) is 2.73. The largest absolute Gasteiger partial charge is 0.387 e. The van der Waals surface area contributed by atoms with Crippen LogP contribution in [0.4, 0.5) is 5.69 Å². The molecule has 0 bridgehead atoms. The highest BCUT2D eigenvalue weighted by atomic mass is 16.3. The molecule has 3 unspecified atom stereocenters. The second-order valence-corrected chi connectivity index (χ2v) is 5.92. The minimum absolute atomic E-state index is 0.157. The molecule has 2 aromatic carbocycles. The second-order valence-electron chi connectivity index (χ2n) is 5.92. The zero-order valence-electron chi connectivity index (χ0n) is 12.2.